The van der Waals surface area contributed by atoms with Crippen molar-refractivity contribution in [1.29, 1.82) is 0 Å². The van der Waals surface area contributed by atoms with Gasteiger partial charge in [0.2, 0.25) is 5.56 Å². The van der Waals surface area contributed by atoms with E-state index in [2.05, 4.69) is 10.3 Å². The number of pyridine rings is 1. The van der Waals surface area contributed by atoms with E-state index in [1.165, 1.54) is 18.2 Å². The number of nitrogens with one attached hydrogen (secondary N) is 2. The highest BCUT2D eigenvalue weighted by atomic mass is 35.5. The third-order valence-electron chi connectivity index (χ3n) is 4.01. The number of rotatable bonds is 5. The number of carbonyl (C=O) groups excluding carboxylic acids is 1. The van der Waals surface area contributed by atoms with Gasteiger partial charge in [-0.2, -0.15) is 0 Å². The highest BCUT2D eigenvalue weighted by Crippen LogP contribution is 2.18. The molecule has 3 aromatic rings. The summed E-state index contributed by atoms with van der Waals surface area (Å²) >= 11 is 5.74. The van der Waals surface area contributed by atoms with E-state index < -0.39 is 5.82 Å². The van der Waals surface area contributed by atoms with Crippen molar-refractivity contribution in [2.75, 3.05) is 0 Å². The highest BCUT2D eigenvalue weighted by molar-refractivity contribution is 6.17. The van der Waals surface area contributed by atoms with E-state index in [9.17, 15) is 14.0 Å². The number of carbonyl (C=O) groups is 1. The number of alkyl halides is 1. The second-order valence-electron chi connectivity index (χ2n) is 5.72. The molecule has 132 valence electrons. The fourth-order valence-electron chi connectivity index (χ4n) is 2.62. The second-order valence-corrected chi connectivity index (χ2v) is 5.99. The van der Waals surface area contributed by atoms with Crippen LogP contribution in [0.2, 0.25) is 0 Å². The molecule has 26 heavy (non-hydrogen) atoms. The minimum atomic E-state index is -0.491. The number of amides is 1. The van der Waals surface area contributed by atoms with Crippen molar-refractivity contribution in [1.82, 2.24) is 10.3 Å². The predicted molar refractivity (Wildman–Crippen MR) is 99.6 cm³/mol. The molecule has 0 atom stereocenters. The Kier molecular flexibility index (Phi) is 5.49. The normalized spacial score (nSPS) is 10.5. The van der Waals surface area contributed by atoms with Crippen LogP contribution in [0.5, 0.6) is 0 Å². The first-order valence-electron chi connectivity index (χ1n) is 7.98. The lowest BCUT2D eigenvalue weighted by Gasteiger charge is -2.10. The number of H-pyrrole nitrogens is 1. The molecule has 0 aliphatic heterocycles. The summed E-state index contributed by atoms with van der Waals surface area (Å²) in [4.78, 5) is 26.3. The first-order valence-corrected chi connectivity index (χ1v) is 8.51. The van der Waals surface area contributed by atoms with E-state index in [1.54, 1.807) is 12.3 Å². The van der Waals surface area contributed by atoms with Crippen LogP contribution in [0.25, 0.3) is 11.1 Å². The van der Waals surface area contributed by atoms with Crippen LogP contribution in [0.1, 0.15) is 21.5 Å². The molecule has 0 unspecified atom stereocenters. The lowest BCUT2D eigenvalue weighted by atomic mass is 10.0. The van der Waals surface area contributed by atoms with Gasteiger partial charge in [-0.15, -0.1) is 11.6 Å². The Bertz CT molecular complexity index is 984. The second kappa shape index (κ2) is 7.97. The summed E-state index contributed by atoms with van der Waals surface area (Å²) < 4.78 is 13.7. The largest absolute Gasteiger partial charge is 0.348 e. The van der Waals surface area contributed by atoms with Gasteiger partial charge in [-0.05, 0) is 34.9 Å². The molecule has 1 amide bonds. The molecule has 0 saturated carbocycles. The Balaban J connectivity index is 1.70. The molecular weight excluding hydrogens is 355 g/mol. The SMILES string of the molecule is O=C(NCc1ccc(-c2cc[nH]c(=O)c2)cc1)c1cccc(F)c1CCl. The summed E-state index contributed by atoms with van der Waals surface area (Å²) in [6, 6.07) is 15.1. The Hall–Kier alpha value is -2.92. The first-order chi connectivity index (χ1) is 12.6. The van der Waals surface area contributed by atoms with Crippen LogP contribution in [0, 0.1) is 5.82 Å². The lowest BCUT2D eigenvalue weighted by molar-refractivity contribution is 0.0949. The maximum Gasteiger partial charge on any atom is 0.251 e. The predicted octanol–water partition coefficient (Wildman–Crippen LogP) is 3.85. The summed E-state index contributed by atoms with van der Waals surface area (Å²) in [5.74, 6) is -0.936. The maximum absolute atomic E-state index is 13.7. The van der Waals surface area contributed by atoms with Gasteiger partial charge in [0.1, 0.15) is 5.82 Å². The van der Waals surface area contributed by atoms with E-state index in [-0.39, 0.29) is 28.5 Å². The fraction of sp³-hybridized carbons (Fsp3) is 0.100. The van der Waals surface area contributed by atoms with Crippen molar-refractivity contribution in [3.8, 4) is 11.1 Å². The van der Waals surface area contributed by atoms with Crippen molar-refractivity contribution in [2.24, 2.45) is 0 Å². The average molecular weight is 371 g/mol. The highest BCUT2D eigenvalue weighted by Gasteiger charge is 2.14. The van der Waals surface area contributed by atoms with Gasteiger partial charge < -0.3 is 10.3 Å². The summed E-state index contributed by atoms with van der Waals surface area (Å²) in [5, 5.41) is 2.77. The van der Waals surface area contributed by atoms with Crippen molar-refractivity contribution < 1.29 is 9.18 Å². The van der Waals surface area contributed by atoms with Gasteiger partial charge in [0.25, 0.3) is 5.91 Å². The van der Waals surface area contributed by atoms with Crippen molar-refractivity contribution in [3.05, 3.63) is 93.7 Å². The minimum Gasteiger partial charge on any atom is -0.348 e. The Morgan fingerprint density at radius 3 is 2.54 bits per heavy atom. The molecule has 1 aromatic heterocycles. The molecule has 0 fully saturated rings. The van der Waals surface area contributed by atoms with Crippen molar-refractivity contribution >= 4 is 17.5 Å². The molecule has 6 heteroatoms. The van der Waals surface area contributed by atoms with Gasteiger partial charge in [0.15, 0.2) is 0 Å². The summed E-state index contributed by atoms with van der Waals surface area (Å²) in [7, 11) is 0. The third kappa shape index (κ3) is 4.00. The van der Waals surface area contributed by atoms with E-state index in [0.717, 1.165) is 16.7 Å². The molecule has 4 nitrogen and oxygen atoms in total. The summed E-state index contributed by atoms with van der Waals surface area (Å²) in [6.07, 6.45) is 1.60. The van der Waals surface area contributed by atoms with E-state index in [0.29, 0.717) is 6.54 Å². The molecule has 2 aromatic carbocycles. The molecule has 0 radical (unpaired) electrons. The van der Waals surface area contributed by atoms with E-state index in [4.69, 9.17) is 11.6 Å². The van der Waals surface area contributed by atoms with Crippen molar-refractivity contribution in [3.63, 3.8) is 0 Å². The van der Waals surface area contributed by atoms with Gasteiger partial charge in [0, 0.05) is 29.9 Å². The van der Waals surface area contributed by atoms with Gasteiger partial charge in [0.05, 0.1) is 5.88 Å². The van der Waals surface area contributed by atoms with Gasteiger partial charge in [-0.1, -0.05) is 30.3 Å². The van der Waals surface area contributed by atoms with Crippen molar-refractivity contribution in [2.45, 2.75) is 12.4 Å². The number of hydrogen-bond acceptors (Lipinski definition) is 2. The van der Waals surface area contributed by atoms with Crippen LogP contribution >= 0.6 is 11.6 Å². The molecule has 0 aliphatic carbocycles. The van der Waals surface area contributed by atoms with Gasteiger partial charge in [-0.3, -0.25) is 9.59 Å². The Morgan fingerprint density at radius 1 is 1.08 bits per heavy atom. The van der Waals surface area contributed by atoms with Gasteiger partial charge >= 0.3 is 0 Å². The Morgan fingerprint density at radius 2 is 1.85 bits per heavy atom. The molecule has 3 rings (SSSR count). The summed E-state index contributed by atoms with van der Waals surface area (Å²) in [6.45, 7) is 0.298. The molecule has 0 aliphatic rings. The zero-order valence-corrected chi connectivity index (χ0v) is 14.5. The lowest BCUT2D eigenvalue weighted by Crippen LogP contribution is -2.24. The summed E-state index contributed by atoms with van der Waals surface area (Å²) in [5.41, 5.74) is 2.87. The minimum absolute atomic E-state index is 0.0691. The number of benzene rings is 2. The molecular formula is C20H16ClFN2O2. The van der Waals surface area contributed by atoms with E-state index >= 15 is 0 Å². The zero-order chi connectivity index (χ0) is 18.5. The van der Waals surface area contributed by atoms with Crippen LogP contribution in [0.4, 0.5) is 4.39 Å². The number of aromatic amines is 1. The first kappa shape index (κ1) is 17.9. The van der Waals surface area contributed by atoms with Crippen LogP contribution in [0.15, 0.2) is 65.6 Å². The molecule has 1 heterocycles. The number of halogens is 2. The Labute approximate surface area is 154 Å². The van der Waals surface area contributed by atoms with Gasteiger partial charge in [-0.25, -0.2) is 4.39 Å². The molecule has 0 bridgehead atoms. The molecule has 0 spiro atoms. The third-order valence-corrected chi connectivity index (χ3v) is 4.28. The topological polar surface area (TPSA) is 62.0 Å². The smallest absolute Gasteiger partial charge is 0.251 e. The standard InChI is InChI=1S/C20H16ClFN2O2/c21-11-17-16(2-1-3-18(17)22)20(26)24-12-13-4-6-14(7-5-13)15-8-9-23-19(25)10-15/h1-10H,11-12H2,(H,23,25)(H,24,26). The number of hydrogen-bond donors (Lipinski definition) is 2. The zero-order valence-electron chi connectivity index (χ0n) is 13.8. The monoisotopic (exact) mass is 370 g/mol. The van der Waals surface area contributed by atoms with Crippen LogP contribution in [-0.4, -0.2) is 10.9 Å². The maximum atomic E-state index is 13.7. The molecule has 0 saturated heterocycles. The fourth-order valence-corrected chi connectivity index (χ4v) is 2.90. The average Bonchev–Trinajstić information content (AvgIpc) is 2.66. The van der Waals surface area contributed by atoms with E-state index in [1.807, 2.05) is 30.3 Å². The molecule has 2 N–H and O–H groups in total. The van der Waals surface area contributed by atoms with Crippen LogP contribution in [-0.2, 0) is 12.4 Å². The quantitative estimate of drug-likeness (QED) is 0.670. The van der Waals surface area contributed by atoms with Crippen LogP contribution in [0.3, 0.4) is 0 Å². The van der Waals surface area contributed by atoms with Crippen LogP contribution < -0.4 is 10.9 Å². The number of aromatic nitrogens is 1.